The number of aromatic nitrogens is 2. The molecular formula is C15H14F3N3O2. The van der Waals surface area contributed by atoms with E-state index < -0.39 is 12.5 Å². The van der Waals surface area contributed by atoms with E-state index in [0.717, 1.165) is 0 Å². The van der Waals surface area contributed by atoms with E-state index in [1.54, 1.807) is 24.4 Å². The van der Waals surface area contributed by atoms with Crippen LogP contribution in [-0.4, -0.2) is 46.3 Å². The van der Waals surface area contributed by atoms with Gasteiger partial charge in [0.15, 0.2) is 0 Å². The molecule has 2 heterocycles. The summed E-state index contributed by atoms with van der Waals surface area (Å²) >= 11 is 0. The maximum atomic E-state index is 12.5. The molecule has 1 amide bonds. The Kier molecular flexibility index (Phi) is 4.16. The van der Waals surface area contributed by atoms with Crippen LogP contribution in [0.2, 0.25) is 0 Å². The van der Waals surface area contributed by atoms with Crippen molar-refractivity contribution in [2.75, 3.05) is 13.1 Å². The minimum atomic E-state index is -4.63. The number of amides is 1. The third-order valence-corrected chi connectivity index (χ3v) is 3.75. The van der Waals surface area contributed by atoms with Crippen LogP contribution >= 0.6 is 0 Å². The van der Waals surface area contributed by atoms with E-state index in [4.69, 9.17) is 0 Å². The van der Waals surface area contributed by atoms with Gasteiger partial charge >= 0.3 is 6.36 Å². The molecule has 0 unspecified atom stereocenters. The lowest BCUT2D eigenvalue weighted by Crippen LogP contribution is -2.42. The molecule has 3 rings (SSSR count). The molecule has 0 bridgehead atoms. The van der Waals surface area contributed by atoms with Crippen LogP contribution in [0, 0.1) is 0 Å². The fourth-order valence-corrected chi connectivity index (χ4v) is 2.64. The van der Waals surface area contributed by atoms with Gasteiger partial charge in [0.1, 0.15) is 0 Å². The topological polar surface area (TPSA) is 55.3 Å². The third-order valence-electron chi connectivity index (χ3n) is 3.75. The van der Waals surface area contributed by atoms with Crippen molar-refractivity contribution in [1.82, 2.24) is 14.9 Å². The number of ether oxygens (including phenoxy) is 1. The van der Waals surface area contributed by atoms with Gasteiger partial charge in [-0.3, -0.25) is 19.5 Å². The van der Waals surface area contributed by atoms with Crippen LogP contribution in [0.5, 0.6) is 0 Å². The van der Waals surface area contributed by atoms with Crippen LogP contribution in [-0.2, 0) is 4.74 Å². The Morgan fingerprint density at radius 2 is 1.78 bits per heavy atom. The molecule has 0 spiro atoms. The lowest BCUT2D eigenvalue weighted by Gasteiger charge is -2.32. The van der Waals surface area contributed by atoms with Crippen LogP contribution < -0.4 is 0 Å². The van der Waals surface area contributed by atoms with Crippen LogP contribution in [0.4, 0.5) is 13.2 Å². The summed E-state index contributed by atoms with van der Waals surface area (Å²) in [6, 6.07) is 5.00. The molecule has 0 atom stereocenters. The molecule has 2 aromatic rings. The number of carbonyl (C=O) groups is 1. The Morgan fingerprint density at radius 3 is 2.43 bits per heavy atom. The fraction of sp³-hybridized carbons (Fsp3) is 0.400. The third kappa shape index (κ3) is 3.76. The van der Waals surface area contributed by atoms with Gasteiger partial charge in [-0.1, -0.05) is 0 Å². The molecule has 0 N–H and O–H groups in total. The SMILES string of the molecule is O=C(c1ccc2nccnc2c1)N1CCC(OC(F)(F)F)CC1. The Balaban J connectivity index is 1.66. The molecular weight excluding hydrogens is 311 g/mol. The van der Waals surface area contributed by atoms with Gasteiger partial charge in [-0.25, -0.2) is 0 Å². The normalized spacial score (nSPS) is 16.7. The van der Waals surface area contributed by atoms with E-state index in [-0.39, 0.29) is 31.8 Å². The summed E-state index contributed by atoms with van der Waals surface area (Å²) in [6.45, 7) is 0.468. The predicted octanol–water partition coefficient (Wildman–Crippen LogP) is 2.77. The number of fused-ring (bicyclic) bond motifs is 1. The Labute approximate surface area is 130 Å². The van der Waals surface area contributed by atoms with Gasteiger partial charge in [-0.05, 0) is 31.0 Å². The molecule has 8 heteroatoms. The minimum Gasteiger partial charge on any atom is -0.338 e. The summed E-state index contributed by atoms with van der Waals surface area (Å²) in [4.78, 5) is 22.3. The van der Waals surface area contributed by atoms with E-state index in [1.165, 1.54) is 11.1 Å². The van der Waals surface area contributed by atoms with Gasteiger partial charge in [-0.15, -0.1) is 13.2 Å². The smallest absolute Gasteiger partial charge is 0.338 e. The highest BCUT2D eigenvalue weighted by atomic mass is 19.4. The molecule has 0 saturated carbocycles. The van der Waals surface area contributed by atoms with Crippen molar-refractivity contribution in [3.8, 4) is 0 Å². The Hall–Kier alpha value is -2.22. The average molecular weight is 325 g/mol. The molecule has 23 heavy (non-hydrogen) atoms. The van der Waals surface area contributed by atoms with Crippen LogP contribution in [0.3, 0.4) is 0 Å². The van der Waals surface area contributed by atoms with Crippen molar-refractivity contribution in [3.63, 3.8) is 0 Å². The van der Waals surface area contributed by atoms with Crippen molar-refractivity contribution in [2.45, 2.75) is 25.3 Å². The zero-order chi connectivity index (χ0) is 16.4. The predicted molar refractivity (Wildman–Crippen MR) is 75.6 cm³/mol. The molecule has 122 valence electrons. The quantitative estimate of drug-likeness (QED) is 0.852. The minimum absolute atomic E-state index is 0.165. The van der Waals surface area contributed by atoms with E-state index in [2.05, 4.69) is 14.7 Å². The average Bonchev–Trinajstić information content (AvgIpc) is 2.53. The van der Waals surface area contributed by atoms with Gasteiger partial charge < -0.3 is 4.90 Å². The van der Waals surface area contributed by atoms with Crippen molar-refractivity contribution in [2.24, 2.45) is 0 Å². The first-order valence-corrected chi connectivity index (χ1v) is 7.17. The molecule has 1 saturated heterocycles. The number of benzene rings is 1. The number of nitrogens with zero attached hydrogens (tertiary/aromatic N) is 3. The summed E-state index contributed by atoms with van der Waals surface area (Å²) in [5.74, 6) is -0.219. The van der Waals surface area contributed by atoms with E-state index in [9.17, 15) is 18.0 Å². The first kappa shape index (κ1) is 15.7. The van der Waals surface area contributed by atoms with Crippen molar-refractivity contribution in [1.29, 1.82) is 0 Å². The Bertz CT molecular complexity index is 712. The highest BCUT2D eigenvalue weighted by Gasteiger charge is 2.35. The zero-order valence-corrected chi connectivity index (χ0v) is 12.1. The highest BCUT2D eigenvalue weighted by Crippen LogP contribution is 2.25. The number of halogens is 3. The fourth-order valence-electron chi connectivity index (χ4n) is 2.64. The van der Waals surface area contributed by atoms with Crippen molar-refractivity contribution >= 4 is 16.9 Å². The Morgan fingerprint density at radius 1 is 1.13 bits per heavy atom. The second-order valence-corrected chi connectivity index (χ2v) is 5.31. The van der Waals surface area contributed by atoms with Crippen molar-refractivity contribution < 1.29 is 22.7 Å². The maximum Gasteiger partial charge on any atom is 0.522 e. The molecule has 0 aliphatic carbocycles. The number of rotatable bonds is 2. The number of carbonyl (C=O) groups excluding carboxylic acids is 1. The number of likely N-dealkylation sites (tertiary alicyclic amines) is 1. The van der Waals surface area contributed by atoms with Crippen LogP contribution in [0.15, 0.2) is 30.6 Å². The highest BCUT2D eigenvalue weighted by molar-refractivity contribution is 5.97. The van der Waals surface area contributed by atoms with Crippen LogP contribution in [0.25, 0.3) is 11.0 Å². The lowest BCUT2D eigenvalue weighted by atomic mass is 10.1. The second kappa shape index (κ2) is 6.11. The standard InChI is InChI=1S/C15H14F3N3O2/c16-15(17,18)23-11-3-7-21(8-4-11)14(22)10-1-2-12-13(9-10)20-6-5-19-12/h1-2,5-6,9,11H,3-4,7-8H2. The van der Waals surface area contributed by atoms with Gasteiger partial charge in [0.05, 0.1) is 17.1 Å². The van der Waals surface area contributed by atoms with Crippen LogP contribution in [0.1, 0.15) is 23.2 Å². The van der Waals surface area contributed by atoms with Gasteiger partial charge in [0.2, 0.25) is 0 Å². The van der Waals surface area contributed by atoms with Gasteiger partial charge in [-0.2, -0.15) is 0 Å². The second-order valence-electron chi connectivity index (χ2n) is 5.31. The zero-order valence-electron chi connectivity index (χ0n) is 12.1. The van der Waals surface area contributed by atoms with E-state index >= 15 is 0 Å². The summed E-state index contributed by atoms with van der Waals surface area (Å²) in [5, 5.41) is 0. The van der Waals surface area contributed by atoms with Gasteiger partial charge in [0, 0.05) is 31.0 Å². The summed E-state index contributed by atoms with van der Waals surface area (Å²) in [7, 11) is 0. The first-order valence-electron chi connectivity index (χ1n) is 7.17. The molecule has 1 aromatic heterocycles. The molecule has 1 aliphatic rings. The summed E-state index contributed by atoms with van der Waals surface area (Å²) in [6.07, 6.45) is -2.08. The maximum absolute atomic E-state index is 12.5. The first-order chi connectivity index (χ1) is 10.9. The largest absolute Gasteiger partial charge is 0.522 e. The van der Waals surface area contributed by atoms with Crippen molar-refractivity contribution in [3.05, 3.63) is 36.2 Å². The lowest BCUT2D eigenvalue weighted by molar-refractivity contribution is -0.345. The molecule has 1 fully saturated rings. The monoisotopic (exact) mass is 325 g/mol. The molecule has 5 nitrogen and oxygen atoms in total. The number of alkyl halides is 3. The van der Waals surface area contributed by atoms with E-state index in [1.807, 2.05) is 0 Å². The summed E-state index contributed by atoms with van der Waals surface area (Å²) in [5.41, 5.74) is 1.74. The van der Waals surface area contributed by atoms with Gasteiger partial charge in [0.25, 0.3) is 5.91 Å². The molecule has 0 radical (unpaired) electrons. The molecule has 1 aliphatic heterocycles. The number of hydrogen-bond donors (Lipinski definition) is 0. The number of piperidine rings is 1. The number of hydrogen-bond acceptors (Lipinski definition) is 4. The molecule has 1 aromatic carbocycles. The van der Waals surface area contributed by atoms with E-state index in [0.29, 0.717) is 16.6 Å². The summed E-state index contributed by atoms with van der Waals surface area (Å²) < 4.78 is 40.6.